The predicted molar refractivity (Wildman–Crippen MR) is 61.7 cm³/mol. The fourth-order valence-corrected chi connectivity index (χ4v) is 2.28. The molecule has 0 spiro atoms. The van der Waals surface area contributed by atoms with E-state index in [4.69, 9.17) is 10.5 Å². The molecule has 1 aliphatic heterocycles. The van der Waals surface area contributed by atoms with Crippen LogP contribution < -0.4 is 5.73 Å². The van der Waals surface area contributed by atoms with E-state index >= 15 is 0 Å². The number of halogens is 2. The van der Waals surface area contributed by atoms with E-state index in [1.165, 1.54) is 6.07 Å². The second kappa shape index (κ2) is 4.03. The van der Waals surface area contributed by atoms with Gasteiger partial charge in [-0.15, -0.1) is 0 Å². The fraction of sp³-hybridized carbons (Fsp3) is 0.538. The first-order valence-corrected chi connectivity index (χ1v) is 5.66. The molecular weight excluding hydrogens is 224 g/mol. The van der Waals surface area contributed by atoms with Gasteiger partial charge in [0.2, 0.25) is 0 Å². The Morgan fingerprint density at radius 1 is 1.35 bits per heavy atom. The van der Waals surface area contributed by atoms with E-state index in [-0.39, 0.29) is 5.41 Å². The molecule has 94 valence electrons. The molecule has 0 amide bonds. The highest BCUT2D eigenvalue weighted by molar-refractivity contribution is 5.33. The second-order valence-electron chi connectivity index (χ2n) is 5.29. The van der Waals surface area contributed by atoms with Crippen molar-refractivity contribution < 1.29 is 13.5 Å². The van der Waals surface area contributed by atoms with Gasteiger partial charge in [-0.05, 0) is 30.2 Å². The van der Waals surface area contributed by atoms with Crippen LogP contribution in [0.15, 0.2) is 18.2 Å². The number of ether oxygens (including phenoxy) is 1. The molecule has 1 saturated heterocycles. The van der Waals surface area contributed by atoms with Crippen LogP contribution in [0.4, 0.5) is 8.78 Å². The van der Waals surface area contributed by atoms with Crippen LogP contribution in [-0.4, -0.2) is 19.8 Å². The predicted octanol–water partition coefficient (Wildman–Crippen LogP) is 2.22. The molecule has 0 atom stereocenters. The third-order valence-corrected chi connectivity index (χ3v) is 3.95. The Hall–Kier alpha value is -1.00. The van der Waals surface area contributed by atoms with Gasteiger partial charge >= 0.3 is 0 Å². The topological polar surface area (TPSA) is 35.2 Å². The second-order valence-corrected chi connectivity index (χ2v) is 5.29. The Balaban J connectivity index is 2.52. The lowest BCUT2D eigenvalue weighted by atomic mass is 9.60. The SMILES string of the molecule is CC(C)(CN)C1(c2cc(F)ccc2F)COC1. The summed E-state index contributed by atoms with van der Waals surface area (Å²) in [6.45, 7) is 5.08. The molecule has 0 aliphatic carbocycles. The Morgan fingerprint density at radius 3 is 2.47 bits per heavy atom. The minimum absolute atomic E-state index is 0.333. The van der Waals surface area contributed by atoms with Gasteiger partial charge in [0.15, 0.2) is 0 Å². The molecule has 1 heterocycles. The summed E-state index contributed by atoms with van der Waals surface area (Å²) in [4.78, 5) is 0. The van der Waals surface area contributed by atoms with Gasteiger partial charge in [0.1, 0.15) is 11.6 Å². The van der Waals surface area contributed by atoms with Crippen molar-refractivity contribution in [3.05, 3.63) is 35.4 Å². The van der Waals surface area contributed by atoms with Gasteiger partial charge in [0.25, 0.3) is 0 Å². The van der Waals surface area contributed by atoms with Gasteiger partial charge in [0, 0.05) is 5.56 Å². The van der Waals surface area contributed by atoms with Crippen molar-refractivity contribution in [2.45, 2.75) is 19.3 Å². The van der Waals surface area contributed by atoms with E-state index in [1.807, 2.05) is 13.8 Å². The van der Waals surface area contributed by atoms with Gasteiger partial charge in [-0.2, -0.15) is 0 Å². The normalized spacial score (nSPS) is 18.9. The van der Waals surface area contributed by atoms with Gasteiger partial charge in [-0.3, -0.25) is 0 Å². The summed E-state index contributed by atoms with van der Waals surface area (Å²) in [5, 5.41) is 0. The standard InChI is InChI=1S/C13H17F2NO/c1-12(2,6-16)13(7-17-8-13)10-5-9(14)3-4-11(10)15/h3-5H,6-8,16H2,1-2H3. The average molecular weight is 241 g/mol. The Kier molecular flexibility index (Phi) is 2.96. The van der Waals surface area contributed by atoms with Crippen LogP contribution in [0.1, 0.15) is 19.4 Å². The average Bonchev–Trinajstić information content (AvgIpc) is 2.21. The number of hydrogen-bond donors (Lipinski definition) is 1. The molecule has 1 aromatic rings. The lowest BCUT2D eigenvalue weighted by Crippen LogP contribution is -2.59. The molecule has 0 unspecified atom stereocenters. The molecule has 0 aromatic heterocycles. The molecule has 2 N–H and O–H groups in total. The summed E-state index contributed by atoms with van der Waals surface area (Å²) in [6, 6.07) is 3.55. The van der Waals surface area contributed by atoms with Crippen LogP contribution in [0.25, 0.3) is 0 Å². The molecule has 0 bridgehead atoms. The molecule has 1 fully saturated rings. The first-order chi connectivity index (χ1) is 7.93. The Morgan fingerprint density at radius 2 is 2.00 bits per heavy atom. The molecule has 4 heteroatoms. The minimum Gasteiger partial charge on any atom is -0.379 e. The zero-order valence-electron chi connectivity index (χ0n) is 10.1. The van der Waals surface area contributed by atoms with Gasteiger partial charge in [-0.25, -0.2) is 8.78 Å². The van der Waals surface area contributed by atoms with Gasteiger partial charge < -0.3 is 10.5 Å². The molecule has 2 rings (SSSR count). The van der Waals surface area contributed by atoms with E-state index in [1.54, 1.807) is 0 Å². The first kappa shape index (κ1) is 12.5. The largest absolute Gasteiger partial charge is 0.379 e. The lowest BCUT2D eigenvalue weighted by molar-refractivity contribution is -0.118. The van der Waals surface area contributed by atoms with Crippen molar-refractivity contribution in [1.82, 2.24) is 0 Å². The third kappa shape index (κ3) is 1.76. The molecule has 0 radical (unpaired) electrons. The van der Waals surface area contributed by atoms with Gasteiger partial charge in [0.05, 0.1) is 18.6 Å². The van der Waals surface area contributed by atoms with Crippen molar-refractivity contribution in [2.75, 3.05) is 19.8 Å². The van der Waals surface area contributed by atoms with Crippen molar-refractivity contribution in [2.24, 2.45) is 11.1 Å². The smallest absolute Gasteiger partial charge is 0.127 e. The quantitative estimate of drug-likeness (QED) is 0.880. The van der Waals surface area contributed by atoms with Crippen molar-refractivity contribution in [3.8, 4) is 0 Å². The van der Waals surface area contributed by atoms with Crippen LogP contribution in [0.5, 0.6) is 0 Å². The number of hydrogen-bond acceptors (Lipinski definition) is 2. The van der Waals surface area contributed by atoms with E-state index in [0.717, 1.165) is 12.1 Å². The fourth-order valence-electron chi connectivity index (χ4n) is 2.28. The van der Waals surface area contributed by atoms with Crippen LogP contribution in [0.3, 0.4) is 0 Å². The maximum atomic E-state index is 13.9. The maximum Gasteiger partial charge on any atom is 0.127 e. The van der Waals surface area contributed by atoms with Crippen molar-refractivity contribution in [3.63, 3.8) is 0 Å². The van der Waals surface area contributed by atoms with Crippen molar-refractivity contribution >= 4 is 0 Å². The summed E-state index contributed by atoms with van der Waals surface area (Å²) in [5.41, 5.74) is 5.28. The highest BCUT2D eigenvalue weighted by atomic mass is 19.1. The Bertz CT molecular complexity index is 427. The first-order valence-electron chi connectivity index (χ1n) is 5.66. The van der Waals surface area contributed by atoms with Gasteiger partial charge in [-0.1, -0.05) is 13.8 Å². The number of rotatable bonds is 3. The zero-order chi connectivity index (χ0) is 12.7. The summed E-state index contributed by atoms with van der Waals surface area (Å²) in [6.07, 6.45) is 0. The third-order valence-electron chi connectivity index (χ3n) is 3.95. The maximum absolute atomic E-state index is 13.9. The monoisotopic (exact) mass is 241 g/mol. The van der Waals surface area contributed by atoms with E-state index in [2.05, 4.69) is 0 Å². The van der Waals surface area contributed by atoms with E-state index in [0.29, 0.717) is 25.3 Å². The Labute approximate surface area is 99.8 Å². The molecule has 0 saturated carbocycles. The summed E-state index contributed by atoms with van der Waals surface area (Å²) >= 11 is 0. The van der Waals surface area contributed by atoms with Crippen LogP contribution in [0, 0.1) is 17.0 Å². The van der Waals surface area contributed by atoms with Crippen LogP contribution in [-0.2, 0) is 10.2 Å². The zero-order valence-corrected chi connectivity index (χ0v) is 10.1. The highest BCUT2D eigenvalue weighted by Crippen LogP contribution is 2.47. The lowest BCUT2D eigenvalue weighted by Gasteiger charge is -2.52. The summed E-state index contributed by atoms with van der Waals surface area (Å²) < 4.78 is 32.4. The molecule has 1 aliphatic rings. The molecule has 1 aromatic carbocycles. The molecule has 2 nitrogen and oxygen atoms in total. The minimum atomic E-state index is -0.520. The number of nitrogens with two attached hydrogens (primary N) is 1. The molecule has 17 heavy (non-hydrogen) atoms. The highest BCUT2D eigenvalue weighted by Gasteiger charge is 2.52. The van der Waals surface area contributed by atoms with Crippen molar-refractivity contribution in [1.29, 1.82) is 0 Å². The summed E-state index contributed by atoms with van der Waals surface area (Å²) in [7, 11) is 0. The van der Waals surface area contributed by atoms with E-state index < -0.39 is 17.0 Å². The summed E-state index contributed by atoms with van der Waals surface area (Å²) in [5.74, 6) is -0.822. The van der Waals surface area contributed by atoms with Crippen LogP contribution >= 0.6 is 0 Å². The van der Waals surface area contributed by atoms with Crippen LogP contribution in [0.2, 0.25) is 0 Å². The molecular formula is C13H17F2NO. The van der Waals surface area contributed by atoms with E-state index in [9.17, 15) is 8.78 Å². The number of benzene rings is 1.